The minimum atomic E-state index is 0.702. The van der Waals surface area contributed by atoms with Crippen LogP contribution >= 0.6 is 0 Å². The summed E-state index contributed by atoms with van der Waals surface area (Å²) in [4.78, 5) is 13.0. The molecule has 112 valence electrons. The summed E-state index contributed by atoms with van der Waals surface area (Å²) in [6, 6.07) is 0.702. The Labute approximate surface area is 122 Å². The fourth-order valence-corrected chi connectivity index (χ4v) is 3.37. The molecule has 2 aliphatic rings. The largest absolute Gasteiger partial charge is 0.348 e. The second-order valence-electron chi connectivity index (χ2n) is 6.87. The van der Waals surface area contributed by atoms with Gasteiger partial charge in [0.05, 0.1) is 6.54 Å². The van der Waals surface area contributed by atoms with Crippen LogP contribution in [0.25, 0.3) is 0 Å². The van der Waals surface area contributed by atoms with E-state index in [1.54, 1.807) is 0 Å². The van der Waals surface area contributed by atoms with Crippen LogP contribution in [0.4, 0.5) is 0 Å². The molecule has 0 radical (unpaired) electrons. The Kier molecular flexibility index (Phi) is 4.41. The van der Waals surface area contributed by atoms with Crippen LogP contribution in [0.2, 0.25) is 0 Å². The first kappa shape index (κ1) is 14.1. The topological polar surface area (TPSA) is 35.2 Å². The van der Waals surface area contributed by atoms with E-state index in [1.165, 1.54) is 45.4 Å². The zero-order valence-corrected chi connectivity index (χ0v) is 12.9. The number of nitrogens with one attached hydrogen (secondary N) is 1. The molecule has 0 spiro atoms. The van der Waals surface area contributed by atoms with E-state index in [-0.39, 0.29) is 0 Å². The van der Waals surface area contributed by atoms with E-state index >= 15 is 0 Å². The summed E-state index contributed by atoms with van der Waals surface area (Å²) in [5.74, 6) is 2.82. The number of imidazole rings is 1. The minimum absolute atomic E-state index is 0.702. The molecule has 1 saturated heterocycles. The van der Waals surface area contributed by atoms with Crippen LogP contribution in [0.5, 0.6) is 0 Å². The maximum Gasteiger partial charge on any atom is 0.120 e. The van der Waals surface area contributed by atoms with E-state index in [4.69, 9.17) is 0 Å². The minimum Gasteiger partial charge on any atom is -0.348 e. The second kappa shape index (κ2) is 6.27. The Morgan fingerprint density at radius 3 is 2.85 bits per heavy atom. The number of H-pyrrole nitrogens is 1. The van der Waals surface area contributed by atoms with Gasteiger partial charge < -0.3 is 4.98 Å². The molecule has 1 aliphatic carbocycles. The summed E-state index contributed by atoms with van der Waals surface area (Å²) in [6.45, 7) is 10.7. The molecule has 4 nitrogen and oxygen atoms in total. The van der Waals surface area contributed by atoms with Gasteiger partial charge in [0, 0.05) is 31.5 Å². The van der Waals surface area contributed by atoms with E-state index < -0.39 is 0 Å². The monoisotopic (exact) mass is 276 g/mol. The van der Waals surface area contributed by atoms with Crippen molar-refractivity contribution in [3.05, 3.63) is 18.2 Å². The van der Waals surface area contributed by atoms with Gasteiger partial charge in [0.1, 0.15) is 5.82 Å². The van der Waals surface area contributed by atoms with Gasteiger partial charge in [0.15, 0.2) is 0 Å². The lowest BCUT2D eigenvalue weighted by atomic mass is 10.0. The molecular weight excluding hydrogens is 248 g/mol. The van der Waals surface area contributed by atoms with Crippen LogP contribution in [0.15, 0.2) is 12.4 Å². The number of aromatic amines is 1. The summed E-state index contributed by atoms with van der Waals surface area (Å²) >= 11 is 0. The third-order valence-electron chi connectivity index (χ3n) is 4.72. The van der Waals surface area contributed by atoms with Gasteiger partial charge in [-0.25, -0.2) is 4.98 Å². The Balaban J connectivity index is 1.63. The van der Waals surface area contributed by atoms with E-state index in [0.717, 1.165) is 24.2 Å². The van der Waals surface area contributed by atoms with E-state index in [2.05, 4.69) is 33.6 Å². The molecule has 2 heterocycles. The van der Waals surface area contributed by atoms with Crippen molar-refractivity contribution in [2.45, 2.75) is 45.7 Å². The van der Waals surface area contributed by atoms with Crippen LogP contribution in [-0.2, 0) is 6.54 Å². The molecule has 1 atom stereocenters. The summed E-state index contributed by atoms with van der Waals surface area (Å²) in [7, 11) is 0. The zero-order chi connectivity index (χ0) is 13.9. The van der Waals surface area contributed by atoms with Gasteiger partial charge in [0.2, 0.25) is 0 Å². The van der Waals surface area contributed by atoms with Crippen molar-refractivity contribution >= 4 is 0 Å². The number of rotatable bonds is 5. The molecule has 1 saturated carbocycles. The Morgan fingerprint density at radius 2 is 2.20 bits per heavy atom. The number of nitrogens with zero attached hydrogens (tertiary/aromatic N) is 3. The predicted molar refractivity (Wildman–Crippen MR) is 81.4 cm³/mol. The molecule has 1 aliphatic heterocycles. The maximum atomic E-state index is 4.38. The molecule has 20 heavy (non-hydrogen) atoms. The highest BCUT2D eigenvalue weighted by molar-refractivity contribution is 4.91. The number of hydrogen-bond donors (Lipinski definition) is 1. The summed E-state index contributed by atoms with van der Waals surface area (Å²) in [5.41, 5.74) is 0. The fourth-order valence-electron chi connectivity index (χ4n) is 3.37. The standard InChI is InChI=1S/C16H28N4/c1-13(2)15-11-19(12-16-17-6-7-18-16)8-3-9-20(15)10-14-4-5-14/h6-7,13-15H,3-5,8-12H2,1-2H3,(H,17,18)/t15-/m1/s1. The first-order valence-corrected chi connectivity index (χ1v) is 8.17. The quantitative estimate of drug-likeness (QED) is 0.896. The molecular formula is C16H28N4. The molecule has 4 heteroatoms. The second-order valence-corrected chi connectivity index (χ2v) is 6.87. The third-order valence-corrected chi connectivity index (χ3v) is 4.72. The lowest BCUT2D eigenvalue weighted by Crippen LogP contribution is -2.45. The molecule has 0 amide bonds. The SMILES string of the molecule is CC(C)[C@H]1CN(Cc2ncc[nH]2)CCCN1CC1CC1. The van der Waals surface area contributed by atoms with Crippen LogP contribution in [0.3, 0.4) is 0 Å². The highest BCUT2D eigenvalue weighted by atomic mass is 15.3. The van der Waals surface area contributed by atoms with E-state index in [0.29, 0.717) is 6.04 Å². The highest BCUT2D eigenvalue weighted by Gasteiger charge is 2.32. The van der Waals surface area contributed by atoms with Gasteiger partial charge in [-0.15, -0.1) is 0 Å². The number of aromatic nitrogens is 2. The average Bonchev–Trinajstić information content (AvgIpc) is 3.13. The van der Waals surface area contributed by atoms with Crippen LogP contribution in [-0.4, -0.2) is 52.0 Å². The van der Waals surface area contributed by atoms with Gasteiger partial charge in [-0.2, -0.15) is 0 Å². The van der Waals surface area contributed by atoms with Gasteiger partial charge >= 0.3 is 0 Å². The molecule has 1 N–H and O–H groups in total. The predicted octanol–water partition coefficient (Wildman–Crippen LogP) is 2.35. The Bertz CT molecular complexity index is 397. The Morgan fingerprint density at radius 1 is 1.35 bits per heavy atom. The normalized spacial score (nSPS) is 26.1. The molecule has 1 aromatic heterocycles. The molecule has 0 bridgehead atoms. The van der Waals surface area contributed by atoms with Crippen LogP contribution in [0.1, 0.15) is 38.9 Å². The summed E-state index contributed by atoms with van der Waals surface area (Å²) in [5, 5.41) is 0. The molecule has 0 aromatic carbocycles. The third kappa shape index (κ3) is 3.61. The van der Waals surface area contributed by atoms with Gasteiger partial charge in [0.25, 0.3) is 0 Å². The molecule has 1 aromatic rings. The lowest BCUT2D eigenvalue weighted by molar-refractivity contribution is 0.131. The van der Waals surface area contributed by atoms with Crippen LogP contribution in [0, 0.1) is 11.8 Å². The van der Waals surface area contributed by atoms with E-state index in [9.17, 15) is 0 Å². The van der Waals surface area contributed by atoms with Gasteiger partial charge in [-0.05, 0) is 44.2 Å². The fraction of sp³-hybridized carbons (Fsp3) is 0.812. The van der Waals surface area contributed by atoms with Crippen molar-refractivity contribution in [3.63, 3.8) is 0 Å². The van der Waals surface area contributed by atoms with Crippen LogP contribution < -0.4 is 0 Å². The van der Waals surface area contributed by atoms with Crippen molar-refractivity contribution in [1.29, 1.82) is 0 Å². The first-order chi connectivity index (χ1) is 9.72. The van der Waals surface area contributed by atoms with Gasteiger partial charge in [-0.3, -0.25) is 9.80 Å². The van der Waals surface area contributed by atoms with Crippen molar-refractivity contribution in [2.75, 3.05) is 26.2 Å². The smallest absolute Gasteiger partial charge is 0.120 e. The van der Waals surface area contributed by atoms with Crippen molar-refractivity contribution in [2.24, 2.45) is 11.8 Å². The summed E-state index contributed by atoms with van der Waals surface area (Å²) in [6.07, 6.45) is 7.98. The maximum absolute atomic E-state index is 4.38. The highest BCUT2D eigenvalue weighted by Crippen LogP contribution is 2.31. The Hall–Kier alpha value is -0.870. The van der Waals surface area contributed by atoms with E-state index in [1.807, 2.05) is 12.4 Å². The molecule has 0 unspecified atom stereocenters. The lowest BCUT2D eigenvalue weighted by Gasteiger charge is -2.34. The average molecular weight is 276 g/mol. The van der Waals surface area contributed by atoms with Crippen molar-refractivity contribution in [1.82, 2.24) is 19.8 Å². The molecule has 3 rings (SSSR count). The van der Waals surface area contributed by atoms with Crippen molar-refractivity contribution in [3.8, 4) is 0 Å². The van der Waals surface area contributed by atoms with Crippen molar-refractivity contribution < 1.29 is 0 Å². The molecule has 2 fully saturated rings. The summed E-state index contributed by atoms with van der Waals surface area (Å²) < 4.78 is 0. The van der Waals surface area contributed by atoms with Gasteiger partial charge in [-0.1, -0.05) is 13.8 Å². The first-order valence-electron chi connectivity index (χ1n) is 8.17. The zero-order valence-electron chi connectivity index (χ0n) is 12.9. The number of hydrogen-bond acceptors (Lipinski definition) is 3.